The van der Waals surface area contributed by atoms with Gasteiger partial charge < -0.3 is 19.9 Å². The second-order valence-corrected chi connectivity index (χ2v) is 8.63. The third-order valence-electron chi connectivity index (χ3n) is 6.27. The van der Waals surface area contributed by atoms with Gasteiger partial charge in [0.25, 0.3) is 5.91 Å². The van der Waals surface area contributed by atoms with Crippen molar-refractivity contribution in [3.05, 3.63) is 59.7 Å². The van der Waals surface area contributed by atoms with Crippen LogP contribution in [0.3, 0.4) is 0 Å². The van der Waals surface area contributed by atoms with E-state index >= 15 is 0 Å². The van der Waals surface area contributed by atoms with E-state index in [4.69, 9.17) is 4.74 Å². The third-order valence-corrected chi connectivity index (χ3v) is 6.27. The molecule has 0 unspecified atom stereocenters. The van der Waals surface area contributed by atoms with Gasteiger partial charge in [0.15, 0.2) is 0 Å². The van der Waals surface area contributed by atoms with Crippen LogP contribution in [-0.4, -0.2) is 45.3 Å². The number of amides is 1. The molecule has 2 aromatic carbocycles. The number of carbonyl (C=O) groups is 1. The predicted octanol–water partition coefficient (Wildman–Crippen LogP) is 4.25. The Labute approximate surface area is 180 Å². The maximum Gasteiger partial charge on any atom is 0.251 e. The van der Waals surface area contributed by atoms with E-state index in [0.717, 1.165) is 56.6 Å². The topological polar surface area (TPSA) is 44.8 Å². The van der Waals surface area contributed by atoms with Gasteiger partial charge in [-0.15, -0.1) is 0 Å². The molecule has 0 saturated carbocycles. The second-order valence-electron chi connectivity index (χ2n) is 8.63. The molecule has 2 aliphatic rings. The smallest absolute Gasteiger partial charge is 0.251 e. The van der Waals surface area contributed by atoms with Crippen LogP contribution >= 0.6 is 0 Å². The summed E-state index contributed by atoms with van der Waals surface area (Å²) in [7, 11) is 0. The van der Waals surface area contributed by atoms with Crippen LogP contribution in [-0.2, 0) is 4.74 Å². The molecule has 2 saturated heterocycles. The molecule has 2 heterocycles. The Bertz CT molecular complexity index is 828. The van der Waals surface area contributed by atoms with Crippen molar-refractivity contribution in [2.75, 3.05) is 49.2 Å². The fraction of sp³-hybridized carbons (Fsp3) is 0.480. The highest BCUT2D eigenvalue weighted by molar-refractivity contribution is 5.94. The number of benzene rings is 2. The van der Waals surface area contributed by atoms with Crippen molar-refractivity contribution < 1.29 is 9.53 Å². The standard InChI is InChI=1S/C25H33N3O2/c1-19-4-3-13-28(18-19)24-9-5-21(6-10-24)20(2)26-25(29)22-7-11-23(12-8-22)27-14-16-30-17-15-27/h5-12,19-20H,3-4,13-18H2,1-2H3,(H,26,29)/t19-,20+/m1/s1. The Morgan fingerprint density at radius 2 is 1.60 bits per heavy atom. The summed E-state index contributed by atoms with van der Waals surface area (Å²) >= 11 is 0. The molecule has 30 heavy (non-hydrogen) atoms. The van der Waals surface area contributed by atoms with Crippen molar-refractivity contribution in [3.8, 4) is 0 Å². The highest BCUT2D eigenvalue weighted by Crippen LogP contribution is 2.25. The van der Waals surface area contributed by atoms with E-state index in [2.05, 4.69) is 46.3 Å². The van der Waals surface area contributed by atoms with Crippen molar-refractivity contribution in [2.24, 2.45) is 5.92 Å². The SMILES string of the molecule is C[C@@H]1CCCN(c2ccc([C@H](C)NC(=O)c3ccc(N4CCOCC4)cc3)cc2)C1. The zero-order valence-corrected chi connectivity index (χ0v) is 18.1. The molecule has 160 valence electrons. The minimum Gasteiger partial charge on any atom is -0.378 e. The number of hydrogen-bond donors (Lipinski definition) is 1. The molecule has 2 aromatic rings. The lowest BCUT2D eigenvalue weighted by Crippen LogP contribution is -2.36. The molecular formula is C25H33N3O2. The van der Waals surface area contributed by atoms with E-state index in [1.807, 2.05) is 31.2 Å². The van der Waals surface area contributed by atoms with Crippen LogP contribution in [0.4, 0.5) is 11.4 Å². The van der Waals surface area contributed by atoms with Crippen LogP contribution in [0, 0.1) is 5.92 Å². The summed E-state index contributed by atoms with van der Waals surface area (Å²) < 4.78 is 5.41. The van der Waals surface area contributed by atoms with Gasteiger partial charge in [0.2, 0.25) is 0 Å². The number of ether oxygens (including phenoxy) is 1. The zero-order chi connectivity index (χ0) is 20.9. The largest absolute Gasteiger partial charge is 0.378 e. The molecule has 2 fully saturated rings. The Kier molecular flexibility index (Phi) is 6.58. The molecule has 4 rings (SSSR count). The van der Waals surface area contributed by atoms with Gasteiger partial charge >= 0.3 is 0 Å². The molecule has 5 heteroatoms. The molecule has 2 aliphatic heterocycles. The normalized spacial score (nSPS) is 20.7. The monoisotopic (exact) mass is 407 g/mol. The number of carbonyl (C=O) groups excluding carboxylic acids is 1. The molecule has 1 N–H and O–H groups in total. The lowest BCUT2D eigenvalue weighted by molar-refractivity contribution is 0.0940. The van der Waals surface area contributed by atoms with Crippen LogP contribution < -0.4 is 15.1 Å². The molecule has 0 aromatic heterocycles. The Morgan fingerprint density at radius 1 is 0.967 bits per heavy atom. The van der Waals surface area contributed by atoms with Gasteiger partial charge in [-0.05, 0) is 67.6 Å². The first-order valence-corrected chi connectivity index (χ1v) is 11.2. The van der Waals surface area contributed by atoms with Crippen LogP contribution in [0.1, 0.15) is 48.7 Å². The van der Waals surface area contributed by atoms with Crippen molar-refractivity contribution >= 4 is 17.3 Å². The van der Waals surface area contributed by atoms with Gasteiger partial charge in [0, 0.05) is 43.1 Å². The zero-order valence-electron chi connectivity index (χ0n) is 18.1. The van der Waals surface area contributed by atoms with Crippen molar-refractivity contribution in [3.63, 3.8) is 0 Å². The summed E-state index contributed by atoms with van der Waals surface area (Å²) in [6.07, 6.45) is 2.59. The lowest BCUT2D eigenvalue weighted by Gasteiger charge is -2.33. The predicted molar refractivity (Wildman–Crippen MR) is 122 cm³/mol. The fourth-order valence-electron chi connectivity index (χ4n) is 4.41. The van der Waals surface area contributed by atoms with Crippen LogP contribution in [0.25, 0.3) is 0 Å². The van der Waals surface area contributed by atoms with E-state index in [-0.39, 0.29) is 11.9 Å². The number of nitrogens with zero attached hydrogens (tertiary/aromatic N) is 2. The lowest BCUT2D eigenvalue weighted by atomic mass is 9.99. The molecule has 5 nitrogen and oxygen atoms in total. The van der Waals surface area contributed by atoms with Gasteiger partial charge in [-0.2, -0.15) is 0 Å². The van der Waals surface area contributed by atoms with E-state index < -0.39 is 0 Å². The molecule has 0 bridgehead atoms. The Hall–Kier alpha value is -2.53. The number of hydrogen-bond acceptors (Lipinski definition) is 4. The van der Waals surface area contributed by atoms with Crippen LogP contribution in [0.5, 0.6) is 0 Å². The molecule has 2 atom stereocenters. The number of anilines is 2. The number of nitrogens with one attached hydrogen (secondary N) is 1. The van der Waals surface area contributed by atoms with Crippen LogP contribution in [0.2, 0.25) is 0 Å². The maximum atomic E-state index is 12.7. The minimum absolute atomic E-state index is 0.0363. The summed E-state index contributed by atoms with van der Waals surface area (Å²) in [6, 6.07) is 16.5. The summed E-state index contributed by atoms with van der Waals surface area (Å²) in [6.45, 7) is 9.95. The van der Waals surface area contributed by atoms with Gasteiger partial charge in [-0.1, -0.05) is 19.1 Å². The number of piperidine rings is 1. The first-order chi connectivity index (χ1) is 14.6. The quantitative estimate of drug-likeness (QED) is 0.805. The number of morpholine rings is 1. The van der Waals surface area contributed by atoms with Gasteiger partial charge in [-0.25, -0.2) is 0 Å². The van der Waals surface area contributed by atoms with Gasteiger partial charge in [-0.3, -0.25) is 4.79 Å². The molecule has 0 radical (unpaired) electrons. The average Bonchev–Trinajstić information content (AvgIpc) is 2.80. The van der Waals surface area contributed by atoms with Gasteiger partial charge in [0.1, 0.15) is 0 Å². The summed E-state index contributed by atoms with van der Waals surface area (Å²) in [5.41, 5.74) is 4.24. The van der Waals surface area contributed by atoms with Gasteiger partial charge in [0.05, 0.1) is 19.3 Å². The van der Waals surface area contributed by atoms with Crippen LogP contribution in [0.15, 0.2) is 48.5 Å². The van der Waals surface area contributed by atoms with E-state index in [0.29, 0.717) is 5.56 Å². The molecule has 0 aliphatic carbocycles. The Morgan fingerprint density at radius 3 is 2.27 bits per heavy atom. The summed E-state index contributed by atoms with van der Waals surface area (Å²) in [4.78, 5) is 17.5. The second kappa shape index (κ2) is 9.52. The van der Waals surface area contributed by atoms with E-state index in [1.165, 1.54) is 18.5 Å². The minimum atomic E-state index is -0.0371. The van der Waals surface area contributed by atoms with Crippen molar-refractivity contribution in [1.29, 1.82) is 0 Å². The molecule has 0 spiro atoms. The van der Waals surface area contributed by atoms with E-state index in [9.17, 15) is 4.79 Å². The third kappa shape index (κ3) is 4.96. The first-order valence-electron chi connectivity index (χ1n) is 11.2. The number of rotatable bonds is 5. The Balaban J connectivity index is 1.34. The van der Waals surface area contributed by atoms with Crippen molar-refractivity contribution in [2.45, 2.75) is 32.7 Å². The summed E-state index contributed by atoms with van der Waals surface area (Å²) in [5, 5.41) is 3.13. The highest BCUT2D eigenvalue weighted by atomic mass is 16.5. The maximum absolute atomic E-state index is 12.7. The first kappa shape index (κ1) is 20.7. The molecular weight excluding hydrogens is 374 g/mol. The van der Waals surface area contributed by atoms with Crippen molar-refractivity contribution in [1.82, 2.24) is 5.32 Å². The van der Waals surface area contributed by atoms with E-state index in [1.54, 1.807) is 0 Å². The molecule has 1 amide bonds. The average molecular weight is 408 g/mol. The highest BCUT2D eigenvalue weighted by Gasteiger charge is 2.18. The summed E-state index contributed by atoms with van der Waals surface area (Å²) in [5.74, 6) is 0.719. The fourth-order valence-corrected chi connectivity index (χ4v) is 4.41.